The monoisotopic (exact) mass is 320 g/mol. The molecule has 1 amide bonds. The first-order valence-electron chi connectivity index (χ1n) is 5.96. The molecular weight excluding hydrogens is 306 g/mol. The fraction of sp³-hybridized carbons (Fsp3) is 0.417. The van der Waals surface area contributed by atoms with Gasteiger partial charge in [-0.15, -0.1) is 0 Å². The number of amides is 1. The molecule has 0 aromatic heterocycles. The van der Waals surface area contributed by atoms with Crippen LogP contribution in [0.5, 0.6) is 0 Å². The maximum Gasteiger partial charge on any atom is 0.285 e. The highest BCUT2D eigenvalue weighted by molar-refractivity contribution is 7.84. The highest BCUT2D eigenvalue weighted by Crippen LogP contribution is 2.22. The summed E-state index contributed by atoms with van der Waals surface area (Å²) in [5, 5.41) is 13.2. The lowest BCUT2D eigenvalue weighted by Gasteiger charge is -2.13. The first-order valence-corrected chi connectivity index (χ1v) is 7.69. The highest BCUT2D eigenvalue weighted by atomic mass is 32.2. The largest absolute Gasteiger partial charge is 0.349 e. The third kappa shape index (κ3) is 4.85. The average molecular weight is 320 g/mol. The van der Waals surface area contributed by atoms with Crippen LogP contribution in [-0.4, -0.2) is 33.1 Å². The van der Waals surface area contributed by atoms with Crippen LogP contribution in [0.1, 0.15) is 23.7 Å². The summed E-state index contributed by atoms with van der Waals surface area (Å²) in [5.74, 6) is -3.27. The van der Waals surface area contributed by atoms with Gasteiger partial charge in [-0.3, -0.25) is 19.1 Å². The summed E-state index contributed by atoms with van der Waals surface area (Å²) in [4.78, 5) is 21.7. The molecule has 0 bridgehead atoms. The Morgan fingerprint density at radius 2 is 2.00 bits per heavy atom. The Labute approximate surface area is 122 Å². The van der Waals surface area contributed by atoms with E-state index < -0.39 is 50.6 Å². The molecule has 116 valence electrons. The van der Waals surface area contributed by atoms with Gasteiger partial charge in [-0.05, 0) is 19.4 Å². The number of nitrogens with zero attached hydrogens (tertiary/aromatic N) is 1. The van der Waals surface area contributed by atoms with Gasteiger partial charge in [0.15, 0.2) is 11.6 Å². The Hall–Kier alpha value is -1.90. The van der Waals surface area contributed by atoms with Crippen molar-refractivity contribution in [2.45, 2.75) is 19.4 Å². The van der Waals surface area contributed by atoms with Gasteiger partial charge in [0.2, 0.25) is 0 Å². The number of nitro benzene ring substituents is 1. The van der Waals surface area contributed by atoms with E-state index in [-0.39, 0.29) is 0 Å². The summed E-state index contributed by atoms with van der Waals surface area (Å²) >= 11 is 0. The van der Waals surface area contributed by atoms with Gasteiger partial charge in [0.1, 0.15) is 5.56 Å². The molecule has 0 fully saturated rings. The third-order valence-electron chi connectivity index (χ3n) is 2.70. The van der Waals surface area contributed by atoms with E-state index in [4.69, 9.17) is 0 Å². The van der Waals surface area contributed by atoms with Crippen LogP contribution >= 0.6 is 0 Å². The van der Waals surface area contributed by atoms with Crippen LogP contribution in [0.4, 0.5) is 14.5 Å². The predicted octanol–water partition coefficient (Wildman–Crippen LogP) is 1.76. The standard InChI is InChI=1S/C12H14F2N2O4S/c1-7(3-4-21(2)20)15-12(17)8-5-9(13)10(14)6-11(8)16(18)19/h5-7H,3-4H2,1-2H3,(H,15,17). The van der Waals surface area contributed by atoms with Gasteiger partial charge in [0, 0.05) is 28.9 Å². The number of carbonyl (C=O) groups excluding carboxylic acids is 1. The fourth-order valence-electron chi connectivity index (χ4n) is 1.59. The second-order valence-electron chi connectivity index (χ2n) is 4.48. The van der Waals surface area contributed by atoms with Crippen LogP contribution < -0.4 is 5.32 Å². The molecule has 21 heavy (non-hydrogen) atoms. The summed E-state index contributed by atoms with van der Waals surface area (Å²) in [5.41, 5.74) is -1.36. The van der Waals surface area contributed by atoms with Crippen LogP contribution in [0, 0.1) is 21.7 Å². The normalized spacial score (nSPS) is 13.5. The molecule has 2 atom stereocenters. The zero-order valence-corrected chi connectivity index (χ0v) is 12.2. The summed E-state index contributed by atoms with van der Waals surface area (Å²) in [6.07, 6.45) is 1.90. The van der Waals surface area contributed by atoms with Crippen molar-refractivity contribution < 1.29 is 22.7 Å². The molecule has 0 aliphatic carbocycles. The molecule has 1 aromatic carbocycles. The Bertz CT molecular complexity index is 595. The molecule has 9 heteroatoms. The minimum atomic E-state index is -1.40. The highest BCUT2D eigenvalue weighted by Gasteiger charge is 2.24. The van der Waals surface area contributed by atoms with E-state index in [0.29, 0.717) is 24.3 Å². The van der Waals surface area contributed by atoms with Crippen LogP contribution in [0.3, 0.4) is 0 Å². The van der Waals surface area contributed by atoms with Gasteiger partial charge in [0.25, 0.3) is 11.6 Å². The first-order chi connectivity index (χ1) is 9.72. The molecule has 0 aliphatic heterocycles. The Morgan fingerprint density at radius 3 is 2.52 bits per heavy atom. The van der Waals surface area contributed by atoms with Crippen LogP contribution in [0.15, 0.2) is 12.1 Å². The average Bonchev–Trinajstić information content (AvgIpc) is 2.38. The lowest BCUT2D eigenvalue weighted by atomic mass is 10.1. The van der Waals surface area contributed by atoms with E-state index >= 15 is 0 Å². The Kier molecular flexibility index (Phi) is 5.89. The molecule has 0 saturated heterocycles. The lowest BCUT2D eigenvalue weighted by molar-refractivity contribution is -0.385. The van der Waals surface area contributed by atoms with E-state index in [1.165, 1.54) is 6.26 Å². The number of hydrogen-bond acceptors (Lipinski definition) is 4. The number of rotatable bonds is 6. The molecule has 0 radical (unpaired) electrons. The van der Waals surface area contributed by atoms with Gasteiger partial charge in [0.05, 0.1) is 11.0 Å². The molecule has 0 saturated carbocycles. The molecule has 6 nitrogen and oxygen atoms in total. The first kappa shape index (κ1) is 17.2. The predicted molar refractivity (Wildman–Crippen MR) is 73.5 cm³/mol. The topological polar surface area (TPSA) is 89.3 Å². The number of carbonyl (C=O) groups is 1. The van der Waals surface area contributed by atoms with Gasteiger partial charge in [-0.1, -0.05) is 0 Å². The van der Waals surface area contributed by atoms with Crippen molar-refractivity contribution in [1.82, 2.24) is 5.32 Å². The van der Waals surface area contributed by atoms with Crippen molar-refractivity contribution in [3.8, 4) is 0 Å². The quantitative estimate of drug-likeness (QED) is 0.639. The molecule has 2 unspecified atom stereocenters. The maximum absolute atomic E-state index is 13.2. The Balaban J connectivity index is 2.94. The van der Waals surface area contributed by atoms with Crippen molar-refractivity contribution in [3.05, 3.63) is 39.4 Å². The van der Waals surface area contributed by atoms with Gasteiger partial charge >= 0.3 is 0 Å². The van der Waals surface area contributed by atoms with Crippen molar-refractivity contribution in [3.63, 3.8) is 0 Å². The van der Waals surface area contributed by atoms with E-state index in [1.807, 2.05) is 0 Å². The molecule has 1 rings (SSSR count). The summed E-state index contributed by atoms with van der Waals surface area (Å²) in [6.45, 7) is 1.62. The van der Waals surface area contributed by atoms with Crippen molar-refractivity contribution >= 4 is 22.4 Å². The van der Waals surface area contributed by atoms with Crippen molar-refractivity contribution in [2.75, 3.05) is 12.0 Å². The number of nitro groups is 1. The van der Waals surface area contributed by atoms with Crippen LogP contribution in [0.25, 0.3) is 0 Å². The van der Waals surface area contributed by atoms with E-state index in [9.17, 15) is 27.9 Å². The minimum Gasteiger partial charge on any atom is -0.349 e. The number of halogens is 2. The number of hydrogen-bond donors (Lipinski definition) is 1. The zero-order valence-electron chi connectivity index (χ0n) is 11.4. The van der Waals surface area contributed by atoms with Gasteiger partial charge < -0.3 is 5.32 Å². The Morgan fingerprint density at radius 1 is 1.43 bits per heavy atom. The van der Waals surface area contributed by atoms with Crippen LogP contribution in [-0.2, 0) is 10.8 Å². The minimum absolute atomic E-state index is 0.349. The summed E-state index contributed by atoms with van der Waals surface area (Å²) < 4.78 is 37.1. The number of nitrogens with one attached hydrogen (secondary N) is 1. The second-order valence-corrected chi connectivity index (χ2v) is 6.04. The molecule has 0 spiro atoms. The zero-order chi connectivity index (χ0) is 16.2. The molecule has 0 aliphatic rings. The second kappa shape index (κ2) is 7.21. The van der Waals surface area contributed by atoms with E-state index in [2.05, 4.69) is 5.32 Å². The van der Waals surface area contributed by atoms with E-state index in [0.717, 1.165) is 0 Å². The van der Waals surface area contributed by atoms with Crippen molar-refractivity contribution in [1.29, 1.82) is 0 Å². The lowest BCUT2D eigenvalue weighted by Crippen LogP contribution is -2.34. The smallest absolute Gasteiger partial charge is 0.285 e. The number of benzene rings is 1. The van der Waals surface area contributed by atoms with Crippen molar-refractivity contribution in [2.24, 2.45) is 0 Å². The molecular formula is C12H14F2N2O4S. The SMILES string of the molecule is CC(CCS(C)=O)NC(=O)c1cc(F)c(F)cc1[N+](=O)[O-]. The summed E-state index contributed by atoms with van der Waals surface area (Å²) in [6, 6.07) is 0.456. The van der Waals surface area contributed by atoms with Crippen LogP contribution in [0.2, 0.25) is 0 Å². The fourth-order valence-corrected chi connectivity index (χ4v) is 2.27. The molecule has 1 N–H and O–H groups in total. The van der Waals surface area contributed by atoms with Gasteiger partial charge in [-0.2, -0.15) is 0 Å². The molecule has 0 heterocycles. The molecule has 1 aromatic rings. The summed E-state index contributed by atoms with van der Waals surface area (Å²) in [7, 11) is -1.03. The maximum atomic E-state index is 13.2. The third-order valence-corrected chi connectivity index (χ3v) is 3.51. The van der Waals surface area contributed by atoms with Gasteiger partial charge in [-0.25, -0.2) is 8.78 Å². The van der Waals surface area contributed by atoms with E-state index in [1.54, 1.807) is 6.92 Å².